The van der Waals surface area contributed by atoms with Crippen molar-refractivity contribution in [3.05, 3.63) is 88.4 Å². The molecule has 0 unspecified atom stereocenters. The second-order valence-corrected chi connectivity index (χ2v) is 6.64. The van der Waals surface area contributed by atoms with E-state index in [0.29, 0.717) is 11.4 Å². The summed E-state index contributed by atoms with van der Waals surface area (Å²) in [4.78, 5) is 25.1. The van der Waals surface area contributed by atoms with Crippen molar-refractivity contribution in [1.29, 1.82) is 0 Å². The van der Waals surface area contributed by atoms with Crippen LogP contribution in [0, 0.1) is 0 Å². The Hall–Kier alpha value is -3.32. The molecular formula is C21H17BrN2O4. The average Bonchev–Trinajstić information content (AvgIpc) is 3.25. The van der Waals surface area contributed by atoms with Crippen LogP contribution in [0.4, 0.5) is 5.69 Å². The highest BCUT2D eigenvalue weighted by atomic mass is 79.9. The third-order valence-corrected chi connectivity index (χ3v) is 4.30. The van der Waals surface area contributed by atoms with Crippen molar-refractivity contribution in [2.45, 2.75) is 0 Å². The minimum Gasteiger partial charge on any atom is -0.497 e. The van der Waals surface area contributed by atoms with Gasteiger partial charge in [0, 0.05) is 10.2 Å². The summed E-state index contributed by atoms with van der Waals surface area (Å²) >= 11 is 3.35. The summed E-state index contributed by atoms with van der Waals surface area (Å²) in [6.07, 6.45) is 2.97. The molecule has 2 amide bonds. The molecule has 0 saturated heterocycles. The topological polar surface area (TPSA) is 80.6 Å². The first kappa shape index (κ1) is 19.4. The Balaban J connectivity index is 1.85. The van der Waals surface area contributed by atoms with Gasteiger partial charge in [-0.05, 0) is 60.2 Å². The highest BCUT2D eigenvalue weighted by molar-refractivity contribution is 9.10. The van der Waals surface area contributed by atoms with Gasteiger partial charge >= 0.3 is 0 Å². The first-order valence-electron chi connectivity index (χ1n) is 8.32. The smallest absolute Gasteiger partial charge is 0.291 e. The van der Waals surface area contributed by atoms with E-state index in [9.17, 15) is 9.59 Å². The number of ether oxygens (including phenoxy) is 1. The summed E-state index contributed by atoms with van der Waals surface area (Å²) in [7, 11) is 1.57. The summed E-state index contributed by atoms with van der Waals surface area (Å²) in [5.74, 6) is -0.177. The lowest BCUT2D eigenvalue weighted by atomic mass is 10.1. The fourth-order valence-corrected chi connectivity index (χ4v) is 2.61. The standard InChI is InChI=1S/C21H17BrN2O4/c1-27-17-10-4-14(5-11-17)13-18(24-21(26)19-3-2-12-28-19)20(25)23-16-8-6-15(22)7-9-16/h2-13H,1H3,(H,23,25)(H,24,26)/b18-13-. The lowest BCUT2D eigenvalue weighted by Gasteiger charge is -2.11. The maximum absolute atomic E-state index is 12.8. The van der Waals surface area contributed by atoms with E-state index in [-0.39, 0.29) is 11.5 Å². The van der Waals surface area contributed by atoms with Gasteiger partial charge in [0.1, 0.15) is 11.4 Å². The van der Waals surface area contributed by atoms with Crippen LogP contribution in [0.15, 0.2) is 81.5 Å². The number of carbonyl (C=O) groups excluding carboxylic acids is 2. The fourth-order valence-electron chi connectivity index (χ4n) is 2.35. The first-order chi connectivity index (χ1) is 13.5. The van der Waals surface area contributed by atoms with Gasteiger partial charge < -0.3 is 19.8 Å². The minimum absolute atomic E-state index is 0.0782. The summed E-state index contributed by atoms with van der Waals surface area (Å²) < 4.78 is 11.1. The van der Waals surface area contributed by atoms with Crippen LogP contribution in [0.1, 0.15) is 16.1 Å². The lowest BCUT2D eigenvalue weighted by molar-refractivity contribution is -0.113. The van der Waals surface area contributed by atoms with Gasteiger partial charge in [0.25, 0.3) is 11.8 Å². The van der Waals surface area contributed by atoms with Crippen molar-refractivity contribution in [2.75, 3.05) is 12.4 Å². The van der Waals surface area contributed by atoms with Crippen LogP contribution < -0.4 is 15.4 Å². The SMILES string of the molecule is COc1ccc(/C=C(\NC(=O)c2ccco2)C(=O)Nc2ccc(Br)cc2)cc1. The molecule has 6 nitrogen and oxygen atoms in total. The second-order valence-electron chi connectivity index (χ2n) is 5.72. The molecule has 3 rings (SSSR count). The van der Waals surface area contributed by atoms with E-state index >= 15 is 0 Å². The highest BCUT2D eigenvalue weighted by Crippen LogP contribution is 2.17. The molecule has 1 heterocycles. The number of furan rings is 1. The molecule has 0 aliphatic carbocycles. The maximum Gasteiger partial charge on any atom is 0.291 e. The molecule has 2 aromatic carbocycles. The number of nitrogens with one attached hydrogen (secondary N) is 2. The summed E-state index contributed by atoms with van der Waals surface area (Å²) in [5.41, 5.74) is 1.40. The van der Waals surface area contributed by atoms with Gasteiger partial charge in [-0.2, -0.15) is 0 Å². The van der Waals surface area contributed by atoms with E-state index in [1.807, 2.05) is 12.1 Å². The number of hydrogen-bond acceptors (Lipinski definition) is 4. The minimum atomic E-state index is -0.518. The number of anilines is 1. The highest BCUT2D eigenvalue weighted by Gasteiger charge is 2.16. The van der Waals surface area contributed by atoms with Crippen molar-refractivity contribution < 1.29 is 18.7 Å². The van der Waals surface area contributed by atoms with Gasteiger partial charge in [-0.1, -0.05) is 28.1 Å². The predicted molar refractivity (Wildman–Crippen MR) is 110 cm³/mol. The van der Waals surface area contributed by atoms with E-state index in [1.165, 1.54) is 12.3 Å². The van der Waals surface area contributed by atoms with E-state index in [4.69, 9.17) is 9.15 Å². The van der Waals surface area contributed by atoms with Crippen LogP contribution in [0.3, 0.4) is 0 Å². The van der Waals surface area contributed by atoms with Crippen LogP contribution >= 0.6 is 15.9 Å². The number of amides is 2. The van der Waals surface area contributed by atoms with Crippen LogP contribution in [0.5, 0.6) is 5.75 Å². The van der Waals surface area contributed by atoms with E-state index < -0.39 is 11.8 Å². The number of hydrogen-bond donors (Lipinski definition) is 2. The van der Waals surface area contributed by atoms with Gasteiger partial charge in [0.15, 0.2) is 5.76 Å². The molecule has 0 saturated carbocycles. The molecule has 0 atom stereocenters. The van der Waals surface area contributed by atoms with Crippen LogP contribution in [-0.2, 0) is 4.79 Å². The molecule has 0 fully saturated rings. The third kappa shape index (κ3) is 5.11. The third-order valence-electron chi connectivity index (χ3n) is 3.77. The zero-order chi connectivity index (χ0) is 19.9. The van der Waals surface area contributed by atoms with E-state index in [2.05, 4.69) is 26.6 Å². The lowest BCUT2D eigenvalue weighted by Crippen LogP contribution is -2.30. The normalized spacial score (nSPS) is 11.0. The van der Waals surface area contributed by atoms with Crippen molar-refractivity contribution in [3.63, 3.8) is 0 Å². The Morgan fingerprint density at radius 1 is 1.04 bits per heavy atom. The van der Waals surface area contributed by atoms with E-state index in [1.54, 1.807) is 55.7 Å². The Morgan fingerprint density at radius 3 is 2.36 bits per heavy atom. The zero-order valence-electron chi connectivity index (χ0n) is 14.9. The molecule has 142 valence electrons. The van der Waals surface area contributed by atoms with Crippen LogP contribution in [0.25, 0.3) is 6.08 Å². The molecule has 0 aliphatic heterocycles. The molecule has 3 aromatic rings. The summed E-state index contributed by atoms with van der Waals surface area (Å²) in [6, 6.07) is 17.3. The molecule has 2 N–H and O–H groups in total. The number of halogens is 1. The molecule has 0 radical (unpaired) electrons. The Bertz CT molecular complexity index is 978. The summed E-state index contributed by atoms with van der Waals surface area (Å²) in [5, 5.41) is 5.37. The maximum atomic E-state index is 12.8. The molecule has 0 aliphatic rings. The number of carbonyl (C=O) groups is 2. The van der Waals surface area contributed by atoms with Crippen molar-refractivity contribution in [3.8, 4) is 5.75 Å². The molecule has 0 spiro atoms. The molecular weight excluding hydrogens is 424 g/mol. The predicted octanol–water partition coefficient (Wildman–Crippen LogP) is 4.46. The van der Waals surface area contributed by atoms with Crippen LogP contribution in [-0.4, -0.2) is 18.9 Å². The van der Waals surface area contributed by atoms with Gasteiger partial charge in [0.2, 0.25) is 0 Å². The Kier molecular flexibility index (Phi) is 6.29. The van der Waals surface area contributed by atoms with Gasteiger partial charge in [0.05, 0.1) is 13.4 Å². The van der Waals surface area contributed by atoms with Crippen molar-refractivity contribution in [1.82, 2.24) is 5.32 Å². The molecule has 1 aromatic heterocycles. The summed E-state index contributed by atoms with van der Waals surface area (Å²) in [6.45, 7) is 0. The fraction of sp³-hybridized carbons (Fsp3) is 0.0476. The van der Waals surface area contributed by atoms with Crippen molar-refractivity contribution >= 4 is 39.5 Å². The number of rotatable bonds is 6. The monoisotopic (exact) mass is 440 g/mol. The van der Waals surface area contributed by atoms with Crippen molar-refractivity contribution in [2.24, 2.45) is 0 Å². The average molecular weight is 441 g/mol. The quantitative estimate of drug-likeness (QED) is 0.554. The number of methoxy groups -OCH3 is 1. The number of benzene rings is 2. The Labute approximate surface area is 170 Å². The van der Waals surface area contributed by atoms with Gasteiger partial charge in [-0.25, -0.2) is 0 Å². The van der Waals surface area contributed by atoms with Gasteiger partial charge in [-0.3, -0.25) is 9.59 Å². The van der Waals surface area contributed by atoms with Crippen LogP contribution in [0.2, 0.25) is 0 Å². The second kappa shape index (κ2) is 9.05. The largest absolute Gasteiger partial charge is 0.497 e. The zero-order valence-corrected chi connectivity index (χ0v) is 16.5. The molecule has 7 heteroatoms. The molecule has 28 heavy (non-hydrogen) atoms. The Morgan fingerprint density at radius 2 is 1.75 bits per heavy atom. The van der Waals surface area contributed by atoms with Gasteiger partial charge in [-0.15, -0.1) is 0 Å². The first-order valence-corrected chi connectivity index (χ1v) is 9.12. The van der Waals surface area contributed by atoms with E-state index in [0.717, 1.165) is 10.0 Å². The molecule has 0 bridgehead atoms.